The van der Waals surface area contributed by atoms with Crippen LogP contribution in [0.15, 0.2) is 0 Å². The highest BCUT2D eigenvalue weighted by atomic mass is 32.1. The van der Waals surface area contributed by atoms with Crippen LogP contribution in [0.2, 0.25) is 0 Å². The molecule has 3 rings (SSSR count). The molecule has 0 radical (unpaired) electrons. The number of nitrogens with zero attached hydrogens (tertiary/aromatic N) is 4. The molecular formula is C16H21N5O2S2. The van der Waals surface area contributed by atoms with Gasteiger partial charge < -0.3 is 5.32 Å². The number of aromatic nitrogens is 3. The molecule has 25 heavy (non-hydrogen) atoms. The summed E-state index contributed by atoms with van der Waals surface area (Å²) in [6.45, 7) is 6.79. The van der Waals surface area contributed by atoms with Crippen LogP contribution >= 0.6 is 22.7 Å². The fourth-order valence-corrected chi connectivity index (χ4v) is 4.63. The fraction of sp³-hybridized carbons (Fsp3) is 0.562. The highest BCUT2D eigenvalue weighted by molar-refractivity contribution is 7.15. The van der Waals surface area contributed by atoms with E-state index in [0.717, 1.165) is 33.4 Å². The summed E-state index contributed by atoms with van der Waals surface area (Å²) >= 11 is 3.02. The molecule has 2 aromatic heterocycles. The molecule has 134 valence electrons. The summed E-state index contributed by atoms with van der Waals surface area (Å²) in [5, 5.41) is 13.7. The molecule has 0 saturated carbocycles. The maximum atomic E-state index is 12.4. The molecule has 1 aliphatic rings. The molecule has 0 bridgehead atoms. The molecule has 3 heterocycles. The van der Waals surface area contributed by atoms with Crippen molar-refractivity contribution in [1.29, 1.82) is 0 Å². The van der Waals surface area contributed by atoms with E-state index in [1.54, 1.807) is 16.2 Å². The van der Waals surface area contributed by atoms with Crippen LogP contribution in [0.3, 0.4) is 0 Å². The maximum Gasteiger partial charge on any atom is 0.229 e. The third-order valence-electron chi connectivity index (χ3n) is 4.07. The van der Waals surface area contributed by atoms with E-state index in [1.807, 2.05) is 13.8 Å². The molecule has 1 atom stereocenters. The van der Waals surface area contributed by atoms with Crippen LogP contribution in [0.1, 0.15) is 40.4 Å². The second-order valence-electron chi connectivity index (χ2n) is 6.09. The monoisotopic (exact) mass is 379 g/mol. The molecule has 9 heteroatoms. The lowest BCUT2D eigenvalue weighted by molar-refractivity contribution is -0.126. The average Bonchev–Trinajstić information content (AvgIpc) is 3.25. The van der Waals surface area contributed by atoms with E-state index in [9.17, 15) is 9.59 Å². The second-order valence-corrected chi connectivity index (χ2v) is 8.42. The number of rotatable bonds is 6. The Morgan fingerprint density at radius 1 is 1.32 bits per heavy atom. The highest BCUT2D eigenvalue weighted by Gasteiger charge is 2.36. The molecule has 1 unspecified atom stereocenters. The van der Waals surface area contributed by atoms with Crippen LogP contribution < -0.4 is 10.2 Å². The lowest BCUT2D eigenvalue weighted by Gasteiger charge is -2.12. The van der Waals surface area contributed by atoms with Gasteiger partial charge in [-0.3, -0.25) is 14.5 Å². The van der Waals surface area contributed by atoms with E-state index in [0.29, 0.717) is 18.2 Å². The first-order valence-corrected chi connectivity index (χ1v) is 9.94. The van der Waals surface area contributed by atoms with Crippen LogP contribution in [-0.2, 0) is 22.6 Å². The minimum atomic E-state index is -0.347. The molecule has 2 amide bonds. The maximum absolute atomic E-state index is 12.4. The van der Waals surface area contributed by atoms with Crippen molar-refractivity contribution >= 4 is 39.6 Å². The minimum Gasteiger partial charge on any atom is -0.351 e. The SMILES string of the molecule is CCCc1nnc(N2CC(C(=O)NCc3sc(C)nc3C)CC2=O)s1. The molecular weight excluding hydrogens is 358 g/mol. The molecule has 0 spiro atoms. The topological polar surface area (TPSA) is 88.1 Å². The van der Waals surface area contributed by atoms with Crippen molar-refractivity contribution in [3.8, 4) is 0 Å². The molecule has 2 aromatic rings. The van der Waals surface area contributed by atoms with Crippen LogP contribution in [-0.4, -0.2) is 33.5 Å². The van der Waals surface area contributed by atoms with Crippen LogP contribution in [0.5, 0.6) is 0 Å². The fourth-order valence-electron chi connectivity index (χ4n) is 2.79. The van der Waals surface area contributed by atoms with Gasteiger partial charge in [-0.15, -0.1) is 21.5 Å². The normalized spacial score (nSPS) is 17.3. The van der Waals surface area contributed by atoms with Crippen molar-refractivity contribution in [1.82, 2.24) is 20.5 Å². The lowest BCUT2D eigenvalue weighted by Crippen LogP contribution is -2.32. The standard InChI is InChI=1S/C16H21N5O2S2/c1-4-5-13-19-20-16(25-13)21-8-11(6-14(21)22)15(23)17-7-12-9(2)18-10(3)24-12/h11H,4-8H2,1-3H3,(H,17,23). The molecule has 0 aromatic carbocycles. The van der Waals surface area contributed by atoms with Gasteiger partial charge in [-0.2, -0.15) is 0 Å². The molecule has 1 N–H and O–H groups in total. The number of carbonyl (C=O) groups is 2. The molecule has 7 nitrogen and oxygen atoms in total. The van der Waals surface area contributed by atoms with E-state index < -0.39 is 0 Å². The summed E-state index contributed by atoms with van der Waals surface area (Å²) in [5.41, 5.74) is 0.948. The quantitative estimate of drug-likeness (QED) is 0.831. The van der Waals surface area contributed by atoms with Crippen molar-refractivity contribution in [2.45, 2.75) is 46.6 Å². The van der Waals surface area contributed by atoms with Gasteiger partial charge in [0.15, 0.2) is 0 Å². The molecule has 1 fully saturated rings. The van der Waals surface area contributed by atoms with Crippen molar-refractivity contribution < 1.29 is 9.59 Å². The number of anilines is 1. The Balaban J connectivity index is 1.59. The Bertz CT molecular complexity index is 785. The van der Waals surface area contributed by atoms with Gasteiger partial charge in [-0.05, 0) is 20.3 Å². The van der Waals surface area contributed by atoms with Crippen LogP contribution in [0.4, 0.5) is 5.13 Å². The largest absolute Gasteiger partial charge is 0.351 e. The summed E-state index contributed by atoms with van der Waals surface area (Å²) in [7, 11) is 0. The van der Waals surface area contributed by atoms with E-state index in [4.69, 9.17) is 0 Å². The van der Waals surface area contributed by atoms with Crippen molar-refractivity contribution in [3.63, 3.8) is 0 Å². The van der Waals surface area contributed by atoms with Gasteiger partial charge in [0, 0.05) is 24.3 Å². The van der Waals surface area contributed by atoms with E-state index in [-0.39, 0.29) is 24.2 Å². The first kappa shape index (κ1) is 17.9. The first-order valence-electron chi connectivity index (χ1n) is 8.31. The number of nitrogens with one attached hydrogen (secondary N) is 1. The van der Waals surface area contributed by atoms with Crippen molar-refractivity contribution in [2.75, 3.05) is 11.4 Å². The van der Waals surface area contributed by atoms with Gasteiger partial charge in [0.1, 0.15) is 5.01 Å². The van der Waals surface area contributed by atoms with Crippen LogP contribution in [0.25, 0.3) is 0 Å². The zero-order valence-corrected chi connectivity index (χ0v) is 16.2. The third kappa shape index (κ3) is 4.04. The highest BCUT2D eigenvalue weighted by Crippen LogP contribution is 2.28. The number of aryl methyl sites for hydroxylation is 3. The Labute approximate surface area is 154 Å². The molecule has 1 aliphatic heterocycles. The van der Waals surface area contributed by atoms with Gasteiger partial charge in [-0.1, -0.05) is 18.3 Å². The van der Waals surface area contributed by atoms with Gasteiger partial charge in [-0.25, -0.2) is 4.98 Å². The summed E-state index contributed by atoms with van der Waals surface area (Å²) in [6.07, 6.45) is 2.07. The van der Waals surface area contributed by atoms with Gasteiger partial charge in [0.25, 0.3) is 0 Å². The van der Waals surface area contributed by atoms with Crippen molar-refractivity contribution in [2.24, 2.45) is 5.92 Å². The molecule has 0 aliphatic carbocycles. The Kier molecular flexibility index (Phi) is 5.43. The average molecular weight is 380 g/mol. The predicted octanol–water partition coefficient (Wildman–Crippen LogP) is 2.23. The van der Waals surface area contributed by atoms with Crippen molar-refractivity contribution in [3.05, 3.63) is 20.6 Å². The number of hydrogen-bond donors (Lipinski definition) is 1. The first-order chi connectivity index (χ1) is 12.0. The number of hydrogen-bond acceptors (Lipinski definition) is 7. The minimum absolute atomic E-state index is 0.0656. The molecule has 1 saturated heterocycles. The van der Waals surface area contributed by atoms with Crippen LogP contribution in [0, 0.1) is 19.8 Å². The zero-order valence-electron chi connectivity index (χ0n) is 14.5. The lowest BCUT2D eigenvalue weighted by atomic mass is 10.1. The number of thiazole rings is 1. The number of carbonyl (C=O) groups excluding carboxylic acids is 2. The van der Waals surface area contributed by atoms with Gasteiger partial charge in [0.2, 0.25) is 16.9 Å². The zero-order chi connectivity index (χ0) is 18.0. The second kappa shape index (κ2) is 7.57. The Morgan fingerprint density at radius 2 is 2.12 bits per heavy atom. The summed E-state index contributed by atoms with van der Waals surface area (Å²) < 4.78 is 0. The van der Waals surface area contributed by atoms with Gasteiger partial charge >= 0.3 is 0 Å². The van der Waals surface area contributed by atoms with E-state index in [2.05, 4.69) is 27.4 Å². The van der Waals surface area contributed by atoms with E-state index in [1.165, 1.54) is 11.3 Å². The summed E-state index contributed by atoms with van der Waals surface area (Å²) in [5.74, 6) is -0.510. The van der Waals surface area contributed by atoms with E-state index >= 15 is 0 Å². The summed E-state index contributed by atoms with van der Waals surface area (Å²) in [6, 6.07) is 0. The van der Waals surface area contributed by atoms with Gasteiger partial charge in [0.05, 0.1) is 23.2 Å². The smallest absolute Gasteiger partial charge is 0.229 e. The summed E-state index contributed by atoms with van der Waals surface area (Å²) in [4.78, 5) is 31.7. The Morgan fingerprint density at radius 3 is 2.80 bits per heavy atom. The predicted molar refractivity (Wildman–Crippen MR) is 97.8 cm³/mol. The third-order valence-corrected chi connectivity index (χ3v) is 6.15. The Hall–Kier alpha value is -1.87. The number of amides is 2.